The number of aryl methyl sites for hydroxylation is 2. The van der Waals surface area contributed by atoms with E-state index >= 15 is 0 Å². The molecular weight excluding hydrogens is 334 g/mol. The molecule has 1 aliphatic rings. The maximum atomic E-state index is 12.8. The van der Waals surface area contributed by atoms with Crippen molar-refractivity contribution in [2.24, 2.45) is 0 Å². The molecule has 136 valence electrons. The summed E-state index contributed by atoms with van der Waals surface area (Å²) in [6.07, 6.45) is 5.13. The lowest BCUT2D eigenvalue weighted by Crippen LogP contribution is -2.44. The van der Waals surface area contributed by atoms with Crippen LogP contribution in [0.2, 0.25) is 0 Å². The van der Waals surface area contributed by atoms with Gasteiger partial charge in [0.15, 0.2) is 0 Å². The largest absolute Gasteiger partial charge is 0.467 e. The summed E-state index contributed by atoms with van der Waals surface area (Å²) in [6, 6.07) is 3.31. The first kappa shape index (κ1) is 16.6. The predicted octanol–water partition coefficient (Wildman–Crippen LogP) is 1.95. The van der Waals surface area contributed by atoms with Gasteiger partial charge in [-0.15, -0.1) is 0 Å². The van der Waals surface area contributed by atoms with Crippen LogP contribution in [0.25, 0.3) is 0 Å². The number of furan rings is 1. The van der Waals surface area contributed by atoms with Crippen LogP contribution in [0, 0.1) is 13.8 Å². The Labute approximate surface area is 150 Å². The molecule has 1 aliphatic heterocycles. The molecule has 0 radical (unpaired) electrons. The Morgan fingerprint density at radius 1 is 1.42 bits per heavy atom. The molecule has 0 spiro atoms. The normalized spacial score (nSPS) is 17.2. The van der Waals surface area contributed by atoms with E-state index in [1.807, 2.05) is 30.7 Å². The van der Waals surface area contributed by atoms with Crippen molar-refractivity contribution in [1.29, 1.82) is 0 Å². The highest BCUT2D eigenvalue weighted by atomic mass is 16.5. The van der Waals surface area contributed by atoms with E-state index in [9.17, 15) is 4.79 Å². The van der Waals surface area contributed by atoms with Crippen molar-refractivity contribution in [3.05, 3.63) is 59.4 Å². The molecule has 0 bridgehead atoms. The van der Waals surface area contributed by atoms with Gasteiger partial charge < -0.3 is 18.8 Å². The maximum absolute atomic E-state index is 12.8. The summed E-state index contributed by atoms with van der Waals surface area (Å²) in [4.78, 5) is 19.2. The third-order valence-corrected chi connectivity index (χ3v) is 4.78. The number of nitrogens with zero attached hydrogens (tertiary/aromatic N) is 4. The average Bonchev–Trinajstić information content (AvgIpc) is 3.37. The summed E-state index contributed by atoms with van der Waals surface area (Å²) in [6.45, 7) is 6.23. The van der Waals surface area contributed by atoms with Crippen LogP contribution in [0.4, 0.5) is 0 Å². The van der Waals surface area contributed by atoms with Crippen LogP contribution in [0.5, 0.6) is 0 Å². The van der Waals surface area contributed by atoms with E-state index in [-0.39, 0.29) is 11.9 Å². The number of carbonyl (C=O) groups excluding carboxylic acids is 1. The summed E-state index contributed by atoms with van der Waals surface area (Å²) >= 11 is 0. The van der Waals surface area contributed by atoms with E-state index in [1.165, 1.54) is 0 Å². The third kappa shape index (κ3) is 3.15. The zero-order valence-corrected chi connectivity index (χ0v) is 14.8. The number of nitrogens with one attached hydrogen (secondary N) is 1. The second-order valence-electron chi connectivity index (χ2n) is 6.58. The zero-order chi connectivity index (χ0) is 18.1. The van der Waals surface area contributed by atoms with Crippen LogP contribution in [0.1, 0.15) is 34.5 Å². The Bertz CT molecular complexity index is 876. The molecule has 1 atom stereocenters. The molecule has 3 aromatic rings. The van der Waals surface area contributed by atoms with Gasteiger partial charge in [0.1, 0.15) is 17.6 Å². The van der Waals surface area contributed by atoms with Crippen LogP contribution in [0.15, 0.2) is 39.9 Å². The van der Waals surface area contributed by atoms with Crippen molar-refractivity contribution in [3.63, 3.8) is 0 Å². The lowest BCUT2D eigenvalue weighted by atomic mass is 10.1. The van der Waals surface area contributed by atoms with Gasteiger partial charge in [-0.25, -0.2) is 4.98 Å². The van der Waals surface area contributed by atoms with Gasteiger partial charge in [0.25, 0.3) is 0 Å². The number of hydrogen-bond acceptors (Lipinski definition) is 6. The summed E-state index contributed by atoms with van der Waals surface area (Å²) < 4.78 is 12.5. The quantitative estimate of drug-likeness (QED) is 0.752. The van der Waals surface area contributed by atoms with E-state index in [0.29, 0.717) is 19.6 Å². The van der Waals surface area contributed by atoms with Gasteiger partial charge in [-0.05, 0) is 26.0 Å². The first-order valence-electron chi connectivity index (χ1n) is 8.56. The van der Waals surface area contributed by atoms with Gasteiger partial charge >= 0.3 is 0 Å². The highest BCUT2D eigenvalue weighted by Gasteiger charge is 2.31. The molecule has 0 unspecified atom stereocenters. The van der Waals surface area contributed by atoms with Gasteiger partial charge in [-0.3, -0.25) is 9.69 Å². The van der Waals surface area contributed by atoms with Crippen LogP contribution in [-0.2, 0) is 24.4 Å². The minimum absolute atomic E-state index is 0.0517. The smallest absolute Gasteiger partial charge is 0.244 e. The lowest BCUT2D eigenvalue weighted by Gasteiger charge is -2.33. The van der Waals surface area contributed by atoms with E-state index in [1.54, 1.807) is 18.7 Å². The average molecular weight is 355 g/mol. The summed E-state index contributed by atoms with van der Waals surface area (Å²) in [5.74, 6) is 1.50. The summed E-state index contributed by atoms with van der Waals surface area (Å²) in [7, 11) is 0. The van der Waals surface area contributed by atoms with E-state index in [0.717, 1.165) is 35.0 Å². The van der Waals surface area contributed by atoms with Crippen molar-refractivity contribution in [2.45, 2.75) is 39.5 Å². The first-order valence-corrected chi connectivity index (χ1v) is 8.56. The van der Waals surface area contributed by atoms with E-state index in [2.05, 4.69) is 20.4 Å². The Morgan fingerprint density at radius 2 is 2.31 bits per heavy atom. The van der Waals surface area contributed by atoms with Crippen molar-refractivity contribution in [1.82, 2.24) is 24.9 Å². The fourth-order valence-corrected chi connectivity index (χ4v) is 3.35. The molecule has 1 N–H and O–H groups in total. The van der Waals surface area contributed by atoms with Crippen LogP contribution >= 0.6 is 0 Å². The molecule has 0 aromatic carbocycles. The van der Waals surface area contributed by atoms with Gasteiger partial charge in [-0.1, -0.05) is 5.16 Å². The molecule has 8 nitrogen and oxygen atoms in total. The molecule has 4 heterocycles. The van der Waals surface area contributed by atoms with Crippen molar-refractivity contribution >= 4 is 5.91 Å². The van der Waals surface area contributed by atoms with Crippen molar-refractivity contribution in [2.75, 3.05) is 6.54 Å². The first-order chi connectivity index (χ1) is 12.6. The van der Waals surface area contributed by atoms with Crippen LogP contribution in [0.3, 0.4) is 0 Å². The third-order valence-electron chi connectivity index (χ3n) is 4.78. The van der Waals surface area contributed by atoms with Crippen LogP contribution < -0.4 is 5.32 Å². The number of aromatic nitrogens is 3. The number of amides is 1. The lowest BCUT2D eigenvalue weighted by molar-refractivity contribution is -0.125. The molecule has 0 fully saturated rings. The fourth-order valence-electron chi connectivity index (χ4n) is 3.35. The summed E-state index contributed by atoms with van der Waals surface area (Å²) in [5, 5.41) is 6.97. The Balaban J connectivity index is 1.50. The van der Waals surface area contributed by atoms with E-state index in [4.69, 9.17) is 8.94 Å². The van der Waals surface area contributed by atoms with Gasteiger partial charge in [0.2, 0.25) is 5.91 Å². The van der Waals surface area contributed by atoms with Gasteiger partial charge in [0, 0.05) is 31.4 Å². The Morgan fingerprint density at radius 3 is 3.04 bits per heavy atom. The minimum Gasteiger partial charge on any atom is -0.467 e. The highest BCUT2D eigenvalue weighted by Crippen LogP contribution is 2.24. The minimum atomic E-state index is -0.336. The fraction of sp³-hybridized carbons (Fsp3) is 0.389. The molecule has 0 aliphatic carbocycles. The number of imidazole rings is 1. The standard InChI is InChI=1S/C18H21N5O3/c1-12-16(13(2)26-21-12)9-22-8-14-6-19-11-23(14)17(10-22)18(24)20-7-15-4-3-5-25-15/h3-6,11,17H,7-10H2,1-2H3,(H,20,24)/t17-/m0/s1. The maximum Gasteiger partial charge on any atom is 0.244 e. The van der Waals surface area contributed by atoms with Crippen molar-refractivity contribution < 1.29 is 13.7 Å². The second kappa shape index (κ2) is 6.80. The van der Waals surface area contributed by atoms with E-state index < -0.39 is 0 Å². The number of fused-ring (bicyclic) bond motifs is 1. The molecule has 1 amide bonds. The Hall–Kier alpha value is -2.87. The molecule has 3 aromatic heterocycles. The van der Waals surface area contributed by atoms with Gasteiger partial charge in [-0.2, -0.15) is 0 Å². The molecular formula is C18H21N5O3. The Kier molecular flexibility index (Phi) is 4.34. The monoisotopic (exact) mass is 355 g/mol. The predicted molar refractivity (Wildman–Crippen MR) is 91.9 cm³/mol. The van der Waals surface area contributed by atoms with Crippen LogP contribution in [-0.4, -0.2) is 32.1 Å². The molecule has 8 heteroatoms. The molecule has 0 saturated carbocycles. The van der Waals surface area contributed by atoms with Gasteiger partial charge in [0.05, 0.1) is 30.5 Å². The number of carbonyl (C=O) groups is 1. The second-order valence-corrected chi connectivity index (χ2v) is 6.58. The molecule has 0 saturated heterocycles. The summed E-state index contributed by atoms with van der Waals surface area (Å²) in [5.41, 5.74) is 2.98. The van der Waals surface area contributed by atoms with Crippen molar-refractivity contribution in [3.8, 4) is 0 Å². The topological polar surface area (TPSA) is 89.3 Å². The molecule has 4 rings (SSSR count). The number of rotatable bonds is 5. The highest BCUT2D eigenvalue weighted by molar-refractivity contribution is 5.80. The molecule has 26 heavy (non-hydrogen) atoms. The SMILES string of the molecule is Cc1noc(C)c1CN1Cc2cncn2[C@H](C(=O)NCc2ccco2)C1. The zero-order valence-electron chi connectivity index (χ0n) is 14.8. The number of hydrogen-bond donors (Lipinski definition) is 1.